The number of hydrogen-bond acceptors (Lipinski definition) is 5. The van der Waals surface area contributed by atoms with Crippen LogP contribution in [0.2, 0.25) is 42.3 Å². The minimum Gasteiger partial charge on any atom is -0.491 e. The lowest BCUT2D eigenvalue weighted by atomic mass is 10.1. The van der Waals surface area contributed by atoms with E-state index in [4.69, 9.17) is 13.9 Å². The zero-order chi connectivity index (χ0) is 22.7. The third kappa shape index (κ3) is 5.84. The normalized spacial score (nSPS) is 17.5. The van der Waals surface area contributed by atoms with Crippen LogP contribution in [0.25, 0.3) is 0 Å². The molecule has 1 atom stereocenters. The van der Waals surface area contributed by atoms with E-state index in [0.717, 1.165) is 18.2 Å². The lowest BCUT2D eigenvalue weighted by Crippen LogP contribution is -2.49. The Hall–Kier alpha value is -0.966. The largest absolute Gasteiger partial charge is 0.491 e. The van der Waals surface area contributed by atoms with Gasteiger partial charge in [-0.2, -0.15) is 5.10 Å². The van der Waals surface area contributed by atoms with Gasteiger partial charge in [-0.15, -0.1) is 0 Å². The maximum Gasteiger partial charge on any atom is 0.272 e. The standard InChI is InChI=1S/C22H42N2O4Si2/c1-16(2)30(17(3)4,18(5)6)28-19-10-11-27-20-14-21(25)24(23-22(19)20)15-26-12-13-29(7,8)9/h14,16-19H,10-13,15H2,1-9H3. The second-order valence-electron chi connectivity index (χ2n) is 10.6. The second kappa shape index (κ2) is 10.1. The average Bonchev–Trinajstić information content (AvgIpc) is 2.61. The van der Waals surface area contributed by atoms with Crippen LogP contribution in [0.15, 0.2) is 10.9 Å². The van der Waals surface area contributed by atoms with E-state index < -0.39 is 16.4 Å². The summed E-state index contributed by atoms with van der Waals surface area (Å²) in [6, 6.07) is 2.61. The minimum absolute atomic E-state index is 0.138. The Morgan fingerprint density at radius 3 is 2.27 bits per heavy atom. The van der Waals surface area contributed by atoms with Crippen LogP contribution in [0, 0.1) is 0 Å². The van der Waals surface area contributed by atoms with Gasteiger partial charge in [0.2, 0.25) is 8.32 Å². The average molecular weight is 455 g/mol. The monoisotopic (exact) mass is 454 g/mol. The van der Waals surface area contributed by atoms with Crippen molar-refractivity contribution in [3.8, 4) is 5.75 Å². The number of fused-ring (bicyclic) bond motifs is 1. The zero-order valence-corrected chi connectivity index (χ0v) is 22.4. The molecule has 0 fully saturated rings. The molecule has 0 spiro atoms. The van der Waals surface area contributed by atoms with Gasteiger partial charge in [0, 0.05) is 27.2 Å². The topological polar surface area (TPSA) is 62.6 Å². The van der Waals surface area contributed by atoms with Gasteiger partial charge in [-0.3, -0.25) is 4.79 Å². The molecular formula is C22H42N2O4Si2. The minimum atomic E-state index is -2.08. The Labute approximate surface area is 184 Å². The van der Waals surface area contributed by atoms with E-state index in [1.807, 2.05) is 0 Å². The van der Waals surface area contributed by atoms with Gasteiger partial charge in [0.25, 0.3) is 5.56 Å². The molecule has 1 aromatic heterocycles. The lowest BCUT2D eigenvalue weighted by Gasteiger charge is -2.45. The van der Waals surface area contributed by atoms with Gasteiger partial charge in [0.05, 0.1) is 12.7 Å². The number of nitrogens with zero attached hydrogens (tertiary/aromatic N) is 2. The molecular weight excluding hydrogens is 412 g/mol. The van der Waals surface area contributed by atoms with E-state index in [9.17, 15) is 4.79 Å². The van der Waals surface area contributed by atoms with Crippen LogP contribution in [0.5, 0.6) is 5.75 Å². The SMILES string of the molecule is CC(C)[Si](OC1CCOc2cc(=O)n(COCC[Si](C)(C)C)nc21)(C(C)C)C(C)C. The molecule has 0 aliphatic carbocycles. The number of hydrogen-bond donors (Lipinski definition) is 0. The van der Waals surface area contributed by atoms with Crippen molar-refractivity contribution in [3.05, 3.63) is 22.1 Å². The van der Waals surface area contributed by atoms with Crippen molar-refractivity contribution in [3.63, 3.8) is 0 Å². The highest BCUT2D eigenvalue weighted by atomic mass is 28.4. The maximum atomic E-state index is 12.5. The number of ether oxygens (including phenoxy) is 2. The van der Waals surface area contributed by atoms with Gasteiger partial charge in [-0.25, -0.2) is 4.68 Å². The van der Waals surface area contributed by atoms with Crippen molar-refractivity contribution < 1.29 is 13.9 Å². The maximum absolute atomic E-state index is 12.5. The molecule has 172 valence electrons. The Morgan fingerprint density at radius 1 is 1.13 bits per heavy atom. The Kier molecular flexibility index (Phi) is 8.52. The molecule has 2 rings (SSSR count). The van der Waals surface area contributed by atoms with E-state index in [0.29, 0.717) is 35.6 Å². The van der Waals surface area contributed by atoms with Crippen molar-refractivity contribution in [1.29, 1.82) is 0 Å². The van der Waals surface area contributed by atoms with Crippen LogP contribution in [0.1, 0.15) is 59.8 Å². The van der Waals surface area contributed by atoms with Crippen molar-refractivity contribution in [1.82, 2.24) is 9.78 Å². The van der Waals surface area contributed by atoms with Crippen LogP contribution in [0.4, 0.5) is 0 Å². The molecule has 1 aromatic rings. The van der Waals surface area contributed by atoms with E-state index in [1.54, 1.807) is 6.07 Å². The van der Waals surface area contributed by atoms with Crippen LogP contribution in [-0.4, -0.2) is 39.4 Å². The molecule has 0 bridgehead atoms. The fraction of sp³-hybridized carbons (Fsp3) is 0.818. The van der Waals surface area contributed by atoms with E-state index >= 15 is 0 Å². The number of rotatable bonds is 10. The second-order valence-corrected chi connectivity index (χ2v) is 21.7. The van der Waals surface area contributed by atoms with Gasteiger partial charge in [-0.1, -0.05) is 61.2 Å². The highest BCUT2D eigenvalue weighted by Gasteiger charge is 2.47. The molecule has 0 aromatic carbocycles. The predicted molar refractivity (Wildman–Crippen MR) is 128 cm³/mol. The molecule has 30 heavy (non-hydrogen) atoms. The molecule has 0 saturated heterocycles. The summed E-state index contributed by atoms with van der Waals surface area (Å²) in [6.45, 7) is 22.0. The summed E-state index contributed by atoms with van der Waals surface area (Å²) in [5.74, 6) is 0.564. The Morgan fingerprint density at radius 2 is 1.73 bits per heavy atom. The molecule has 0 saturated carbocycles. The fourth-order valence-electron chi connectivity index (χ4n) is 4.63. The number of aromatic nitrogens is 2. The van der Waals surface area contributed by atoms with Crippen molar-refractivity contribution in [2.75, 3.05) is 13.2 Å². The van der Waals surface area contributed by atoms with Gasteiger partial charge < -0.3 is 13.9 Å². The first-order chi connectivity index (χ1) is 13.9. The Balaban J connectivity index is 2.28. The van der Waals surface area contributed by atoms with Gasteiger partial charge in [-0.05, 0) is 22.7 Å². The molecule has 1 aliphatic heterocycles. The first-order valence-electron chi connectivity index (χ1n) is 11.4. The van der Waals surface area contributed by atoms with Crippen LogP contribution < -0.4 is 10.3 Å². The van der Waals surface area contributed by atoms with Crippen molar-refractivity contribution in [2.24, 2.45) is 0 Å². The van der Waals surface area contributed by atoms with E-state index in [2.05, 4.69) is 66.3 Å². The van der Waals surface area contributed by atoms with Gasteiger partial charge in [0.1, 0.15) is 12.4 Å². The van der Waals surface area contributed by atoms with Gasteiger partial charge >= 0.3 is 0 Å². The molecule has 6 nitrogen and oxygen atoms in total. The summed E-state index contributed by atoms with van der Waals surface area (Å²) < 4.78 is 20.0. The third-order valence-electron chi connectivity index (χ3n) is 6.20. The molecule has 1 aliphatic rings. The molecule has 0 radical (unpaired) electrons. The highest BCUT2D eigenvalue weighted by molar-refractivity contribution is 6.77. The van der Waals surface area contributed by atoms with Crippen LogP contribution in [0.3, 0.4) is 0 Å². The summed E-state index contributed by atoms with van der Waals surface area (Å²) in [7, 11) is -3.25. The third-order valence-corrected chi connectivity index (χ3v) is 14.0. The quantitative estimate of drug-likeness (QED) is 0.341. The summed E-state index contributed by atoms with van der Waals surface area (Å²) in [5, 5.41) is 4.65. The predicted octanol–water partition coefficient (Wildman–Crippen LogP) is 5.57. The zero-order valence-electron chi connectivity index (χ0n) is 20.4. The molecule has 8 heteroatoms. The smallest absolute Gasteiger partial charge is 0.272 e. The molecule has 2 heterocycles. The summed E-state index contributed by atoms with van der Waals surface area (Å²) in [6.07, 6.45) is 0.622. The summed E-state index contributed by atoms with van der Waals surface area (Å²) in [4.78, 5) is 12.5. The van der Waals surface area contributed by atoms with E-state index in [-0.39, 0.29) is 18.4 Å². The summed E-state index contributed by atoms with van der Waals surface area (Å²) >= 11 is 0. The highest BCUT2D eigenvalue weighted by Crippen LogP contribution is 2.47. The van der Waals surface area contributed by atoms with Crippen molar-refractivity contribution >= 4 is 16.4 Å². The fourth-order valence-corrected chi connectivity index (χ4v) is 10.9. The van der Waals surface area contributed by atoms with Gasteiger partial charge in [0.15, 0.2) is 5.75 Å². The molecule has 0 N–H and O–H groups in total. The molecule has 0 amide bonds. The Bertz CT molecular complexity index is 735. The first-order valence-corrected chi connectivity index (χ1v) is 17.2. The van der Waals surface area contributed by atoms with Crippen LogP contribution in [-0.2, 0) is 15.9 Å². The first kappa shape index (κ1) is 25.3. The summed E-state index contributed by atoms with van der Waals surface area (Å²) in [5.41, 5.74) is 2.01. The lowest BCUT2D eigenvalue weighted by molar-refractivity contribution is 0.0673. The van der Waals surface area contributed by atoms with Crippen molar-refractivity contribution in [2.45, 2.75) is 103 Å². The van der Waals surface area contributed by atoms with E-state index in [1.165, 1.54) is 4.68 Å². The molecule has 1 unspecified atom stereocenters. The van der Waals surface area contributed by atoms with Crippen LogP contribution >= 0.6 is 0 Å².